The highest BCUT2D eigenvalue weighted by Crippen LogP contribution is 2.25. The Kier molecular flexibility index (Phi) is 4.32. The quantitative estimate of drug-likeness (QED) is 0.855. The number of aromatic nitrogens is 1. The lowest BCUT2D eigenvalue weighted by Crippen LogP contribution is -1.97. The highest BCUT2D eigenvalue weighted by atomic mass is 35.5. The normalized spacial score (nSPS) is 11.2. The number of nitrogens with zero attached hydrogens (tertiary/aromatic N) is 2. The van der Waals surface area contributed by atoms with E-state index in [2.05, 4.69) is 9.98 Å². The summed E-state index contributed by atoms with van der Waals surface area (Å²) >= 11 is 5.66. The molecule has 2 aromatic rings. The molecule has 2 rings (SSSR count). The van der Waals surface area contributed by atoms with E-state index in [-0.39, 0.29) is 17.4 Å². The number of aliphatic hydroxyl groups is 1. The predicted octanol–water partition coefficient (Wildman–Crippen LogP) is 3.13. The molecule has 0 radical (unpaired) electrons. The topological polar surface area (TPSA) is 65.7 Å². The van der Waals surface area contributed by atoms with Gasteiger partial charge < -0.3 is 10.2 Å². The number of rotatable bonds is 3. The lowest BCUT2D eigenvalue weighted by atomic mass is 10.1. The monoisotopic (exact) mass is 294 g/mol. The van der Waals surface area contributed by atoms with Crippen molar-refractivity contribution in [3.8, 4) is 5.75 Å². The number of halogens is 2. The largest absolute Gasteiger partial charge is 0.505 e. The van der Waals surface area contributed by atoms with E-state index in [1.54, 1.807) is 6.92 Å². The summed E-state index contributed by atoms with van der Waals surface area (Å²) in [7, 11) is 0. The highest BCUT2D eigenvalue weighted by Gasteiger charge is 2.09. The molecule has 1 heterocycles. The molecule has 0 aliphatic heterocycles. The Morgan fingerprint density at radius 3 is 2.85 bits per heavy atom. The summed E-state index contributed by atoms with van der Waals surface area (Å²) in [6, 6.07) is 4.04. The number of aliphatic hydroxyl groups excluding tert-OH is 1. The first-order valence-corrected chi connectivity index (χ1v) is 6.18. The lowest BCUT2D eigenvalue weighted by Gasteiger charge is -2.07. The van der Waals surface area contributed by atoms with Gasteiger partial charge in [0.05, 0.1) is 23.0 Å². The van der Waals surface area contributed by atoms with E-state index in [0.29, 0.717) is 22.5 Å². The van der Waals surface area contributed by atoms with Crippen LogP contribution in [0.1, 0.15) is 16.8 Å². The summed E-state index contributed by atoms with van der Waals surface area (Å²) in [6.07, 6.45) is 2.85. The Hall–Kier alpha value is -1.98. The molecule has 0 aliphatic rings. The van der Waals surface area contributed by atoms with Crippen LogP contribution >= 0.6 is 11.6 Å². The molecule has 4 nitrogen and oxygen atoms in total. The van der Waals surface area contributed by atoms with Gasteiger partial charge in [0.25, 0.3) is 0 Å². The number of hydrogen-bond donors (Lipinski definition) is 2. The van der Waals surface area contributed by atoms with Crippen LogP contribution in [0.2, 0.25) is 5.02 Å². The van der Waals surface area contributed by atoms with Gasteiger partial charge in [0.15, 0.2) is 0 Å². The zero-order chi connectivity index (χ0) is 14.7. The summed E-state index contributed by atoms with van der Waals surface area (Å²) < 4.78 is 13.0. The van der Waals surface area contributed by atoms with E-state index < -0.39 is 5.82 Å². The van der Waals surface area contributed by atoms with E-state index >= 15 is 0 Å². The number of aliphatic imine (C=N–C) groups is 1. The third-order valence-electron chi connectivity index (χ3n) is 2.77. The summed E-state index contributed by atoms with van der Waals surface area (Å²) in [6.45, 7) is 1.37. The van der Waals surface area contributed by atoms with Crippen molar-refractivity contribution >= 4 is 23.5 Å². The SMILES string of the molecule is Cc1ncc(CO)c(/C=N/c2ccc(F)c(Cl)c2)c1O. The second-order valence-electron chi connectivity index (χ2n) is 4.15. The highest BCUT2D eigenvalue weighted by molar-refractivity contribution is 6.31. The van der Waals surface area contributed by atoms with Gasteiger partial charge in [-0.15, -0.1) is 0 Å². The predicted molar refractivity (Wildman–Crippen MR) is 75.2 cm³/mol. The minimum Gasteiger partial charge on any atom is -0.505 e. The molecular formula is C14H12ClFN2O2. The summed E-state index contributed by atoms with van der Waals surface area (Å²) in [4.78, 5) is 8.06. The van der Waals surface area contributed by atoms with Crippen molar-refractivity contribution in [1.82, 2.24) is 4.98 Å². The van der Waals surface area contributed by atoms with Crippen LogP contribution in [0.5, 0.6) is 5.75 Å². The van der Waals surface area contributed by atoms with Crippen molar-refractivity contribution in [2.75, 3.05) is 0 Å². The van der Waals surface area contributed by atoms with Crippen molar-refractivity contribution in [1.29, 1.82) is 0 Å². The molecule has 0 saturated heterocycles. The number of aryl methyl sites for hydroxylation is 1. The molecule has 104 valence electrons. The van der Waals surface area contributed by atoms with Gasteiger partial charge >= 0.3 is 0 Å². The zero-order valence-electron chi connectivity index (χ0n) is 10.6. The maximum Gasteiger partial charge on any atom is 0.145 e. The van der Waals surface area contributed by atoms with Gasteiger partial charge in [0.2, 0.25) is 0 Å². The van der Waals surface area contributed by atoms with Gasteiger partial charge in [-0.3, -0.25) is 9.98 Å². The molecule has 0 fully saturated rings. The molecular weight excluding hydrogens is 283 g/mol. The molecule has 0 atom stereocenters. The van der Waals surface area contributed by atoms with E-state index in [4.69, 9.17) is 11.6 Å². The zero-order valence-corrected chi connectivity index (χ0v) is 11.4. The van der Waals surface area contributed by atoms with Crippen LogP contribution in [0.25, 0.3) is 0 Å². The first kappa shape index (κ1) is 14.4. The fourth-order valence-corrected chi connectivity index (χ4v) is 1.80. The summed E-state index contributed by atoms with van der Waals surface area (Å²) in [5.41, 5.74) is 1.69. The molecule has 20 heavy (non-hydrogen) atoms. The summed E-state index contributed by atoms with van der Waals surface area (Å²) in [5.74, 6) is -0.572. The minimum absolute atomic E-state index is 0.0304. The number of hydrogen-bond acceptors (Lipinski definition) is 4. The van der Waals surface area contributed by atoms with Gasteiger partial charge in [-0.25, -0.2) is 4.39 Å². The van der Waals surface area contributed by atoms with Crippen molar-refractivity contribution in [3.05, 3.63) is 52.1 Å². The third-order valence-corrected chi connectivity index (χ3v) is 3.06. The third kappa shape index (κ3) is 2.95. The molecule has 6 heteroatoms. The lowest BCUT2D eigenvalue weighted by molar-refractivity contribution is 0.280. The van der Waals surface area contributed by atoms with Crippen LogP contribution in [0.4, 0.5) is 10.1 Å². The number of aromatic hydroxyl groups is 1. The Balaban J connectivity index is 2.40. The fourth-order valence-electron chi connectivity index (χ4n) is 1.63. The van der Waals surface area contributed by atoms with Crippen molar-refractivity contribution < 1.29 is 14.6 Å². The molecule has 1 aromatic heterocycles. The van der Waals surface area contributed by atoms with Gasteiger partial charge in [-0.05, 0) is 25.1 Å². The molecule has 2 N–H and O–H groups in total. The van der Waals surface area contributed by atoms with E-state index in [1.165, 1.54) is 30.6 Å². The molecule has 0 saturated carbocycles. The van der Waals surface area contributed by atoms with Crippen molar-refractivity contribution in [2.24, 2.45) is 4.99 Å². The van der Waals surface area contributed by atoms with Gasteiger partial charge in [-0.1, -0.05) is 11.6 Å². The molecule has 0 amide bonds. The van der Waals surface area contributed by atoms with Gasteiger partial charge in [0.1, 0.15) is 11.6 Å². The van der Waals surface area contributed by atoms with Crippen molar-refractivity contribution in [3.63, 3.8) is 0 Å². The first-order valence-electron chi connectivity index (χ1n) is 5.80. The summed E-state index contributed by atoms with van der Waals surface area (Å²) in [5, 5.41) is 19.1. The molecule has 0 spiro atoms. The molecule has 0 unspecified atom stereocenters. The number of pyridine rings is 1. The minimum atomic E-state index is -0.524. The van der Waals surface area contributed by atoms with Crippen LogP contribution in [-0.4, -0.2) is 21.4 Å². The van der Waals surface area contributed by atoms with E-state index in [1.807, 2.05) is 0 Å². The second kappa shape index (κ2) is 5.98. The molecule has 0 bridgehead atoms. The molecule has 0 aliphatic carbocycles. The van der Waals surface area contributed by atoms with Crippen LogP contribution in [-0.2, 0) is 6.61 Å². The van der Waals surface area contributed by atoms with Gasteiger partial charge in [0, 0.05) is 23.5 Å². The van der Waals surface area contributed by atoms with Crippen LogP contribution in [0.3, 0.4) is 0 Å². The van der Waals surface area contributed by atoms with E-state index in [0.717, 1.165) is 0 Å². The maximum absolute atomic E-state index is 13.0. The standard InChI is InChI=1S/C14H12ClFN2O2/c1-8-14(20)11(9(7-19)5-17-8)6-18-10-2-3-13(16)12(15)4-10/h2-6,19-20H,7H2,1H3/b18-6+. The smallest absolute Gasteiger partial charge is 0.145 e. The molecule has 1 aromatic carbocycles. The van der Waals surface area contributed by atoms with Gasteiger partial charge in [-0.2, -0.15) is 0 Å². The van der Waals surface area contributed by atoms with E-state index in [9.17, 15) is 14.6 Å². The van der Waals surface area contributed by atoms with Crippen LogP contribution in [0.15, 0.2) is 29.4 Å². The Morgan fingerprint density at radius 1 is 1.45 bits per heavy atom. The average molecular weight is 295 g/mol. The Morgan fingerprint density at radius 2 is 2.20 bits per heavy atom. The number of benzene rings is 1. The van der Waals surface area contributed by atoms with Crippen LogP contribution < -0.4 is 0 Å². The van der Waals surface area contributed by atoms with Crippen LogP contribution in [0, 0.1) is 12.7 Å². The van der Waals surface area contributed by atoms with Crippen molar-refractivity contribution in [2.45, 2.75) is 13.5 Å². The maximum atomic E-state index is 13.0. The fraction of sp³-hybridized carbons (Fsp3) is 0.143. The second-order valence-corrected chi connectivity index (χ2v) is 4.55. The Bertz CT molecular complexity index is 674. The Labute approximate surface area is 120 Å². The first-order chi connectivity index (χ1) is 9.52. The average Bonchev–Trinajstić information content (AvgIpc) is 2.44.